The molecule has 1 aromatic carbocycles. The number of hydrogen-bond acceptors (Lipinski definition) is 4. The van der Waals surface area contributed by atoms with Crippen molar-refractivity contribution in [3.8, 4) is 6.07 Å². The van der Waals surface area contributed by atoms with Gasteiger partial charge in [0.2, 0.25) is 0 Å². The fraction of sp³-hybridized carbons (Fsp3) is 0.368. The molecule has 1 unspecified atom stereocenters. The van der Waals surface area contributed by atoms with Gasteiger partial charge in [0, 0.05) is 13.1 Å². The molecule has 1 aliphatic heterocycles. The Hall–Kier alpha value is -2.58. The summed E-state index contributed by atoms with van der Waals surface area (Å²) in [5, 5.41) is 19.8. The number of aliphatic hydroxyl groups is 1. The van der Waals surface area contributed by atoms with Crippen molar-refractivity contribution in [2.24, 2.45) is 0 Å². The fourth-order valence-corrected chi connectivity index (χ4v) is 4.33. The molecule has 1 saturated heterocycles. The highest BCUT2D eigenvalue weighted by atomic mass is 16.3. The van der Waals surface area contributed by atoms with Gasteiger partial charge in [0.25, 0.3) is 0 Å². The minimum atomic E-state index is -0.275. The van der Waals surface area contributed by atoms with E-state index >= 15 is 0 Å². The van der Waals surface area contributed by atoms with E-state index in [1.165, 1.54) is 5.56 Å². The van der Waals surface area contributed by atoms with Gasteiger partial charge >= 0.3 is 0 Å². The molecule has 24 heavy (non-hydrogen) atoms. The molecular formula is C19H18N4O. The van der Waals surface area contributed by atoms with E-state index < -0.39 is 0 Å². The quantitative estimate of drug-likeness (QED) is 0.748. The molecule has 5 nitrogen and oxygen atoms in total. The van der Waals surface area contributed by atoms with E-state index in [9.17, 15) is 10.4 Å². The molecule has 1 N–H and O–H groups in total. The van der Waals surface area contributed by atoms with Crippen LogP contribution in [-0.4, -0.2) is 33.7 Å². The molecular weight excluding hydrogens is 300 g/mol. The SMILES string of the molecule is N#Cc1c2c(c(N3CCC(O)C3)n3c1nc1ccccc13)CCC2. The molecule has 2 aliphatic rings. The number of β-amino-alcohol motifs (C(OH)–C–C–N with tert-alkyl or cyclic N) is 1. The third-order valence-corrected chi connectivity index (χ3v) is 5.36. The number of fused-ring (bicyclic) bond motifs is 4. The Morgan fingerprint density at radius 2 is 2.04 bits per heavy atom. The Labute approximate surface area is 139 Å². The highest BCUT2D eigenvalue weighted by Gasteiger charge is 2.31. The van der Waals surface area contributed by atoms with Crippen LogP contribution in [0.5, 0.6) is 0 Å². The molecule has 2 aromatic heterocycles. The summed E-state index contributed by atoms with van der Waals surface area (Å²) in [6, 6.07) is 10.5. The summed E-state index contributed by atoms with van der Waals surface area (Å²) in [7, 11) is 0. The van der Waals surface area contributed by atoms with Crippen LogP contribution in [0.25, 0.3) is 16.7 Å². The van der Waals surface area contributed by atoms with Crippen LogP contribution in [0.4, 0.5) is 5.82 Å². The van der Waals surface area contributed by atoms with Crippen molar-refractivity contribution >= 4 is 22.5 Å². The lowest BCUT2D eigenvalue weighted by Crippen LogP contribution is -2.25. The van der Waals surface area contributed by atoms with Gasteiger partial charge < -0.3 is 10.0 Å². The number of nitrogens with zero attached hydrogens (tertiary/aromatic N) is 4. The van der Waals surface area contributed by atoms with E-state index in [0.717, 1.165) is 65.9 Å². The van der Waals surface area contributed by atoms with Gasteiger partial charge in [-0.3, -0.25) is 4.40 Å². The molecule has 5 rings (SSSR count). The maximum Gasteiger partial charge on any atom is 0.157 e. The van der Waals surface area contributed by atoms with Crippen LogP contribution in [0.3, 0.4) is 0 Å². The van der Waals surface area contributed by atoms with Crippen LogP contribution >= 0.6 is 0 Å². The number of aliphatic hydroxyl groups excluding tert-OH is 1. The normalized spacial score (nSPS) is 20.0. The maximum absolute atomic E-state index is 10.0. The highest BCUT2D eigenvalue weighted by Crippen LogP contribution is 2.39. The summed E-state index contributed by atoms with van der Waals surface area (Å²) in [5.41, 5.74) is 5.87. The van der Waals surface area contributed by atoms with Crippen LogP contribution in [0, 0.1) is 11.3 Å². The Morgan fingerprint density at radius 3 is 2.83 bits per heavy atom. The molecule has 0 amide bonds. The molecule has 0 bridgehead atoms. The maximum atomic E-state index is 10.0. The van der Waals surface area contributed by atoms with E-state index in [0.29, 0.717) is 6.54 Å². The van der Waals surface area contributed by atoms with Gasteiger partial charge in [-0.05, 0) is 48.9 Å². The molecule has 5 heteroatoms. The van der Waals surface area contributed by atoms with Gasteiger partial charge in [-0.1, -0.05) is 12.1 Å². The number of anilines is 1. The molecule has 0 radical (unpaired) electrons. The summed E-state index contributed by atoms with van der Waals surface area (Å²) in [4.78, 5) is 7.04. The van der Waals surface area contributed by atoms with Gasteiger partial charge in [-0.25, -0.2) is 4.98 Å². The second-order valence-corrected chi connectivity index (χ2v) is 6.77. The van der Waals surface area contributed by atoms with Gasteiger partial charge in [-0.2, -0.15) is 5.26 Å². The van der Waals surface area contributed by atoms with Crippen LogP contribution < -0.4 is 4.90 Å². The molecule has 1 fully saturated rings. The van der Waals surface area contributed by atoms with Crippen molar-refractivity contribution in [2.75, 3.05) is 18.0 Å². The largest absolute Gasteiger partial charge is 0.391 e. The summed E-state index contributed by atoms with van der Waals surface area (Å²) in [5.74, 6) is 1.14. The number of rotatable bonds is 1. The van der Waals surface area contributed by atoms with Crippen molar-refractivity contribution in [2.45, 2.75) is 31.8 Å². The lowest BCUT2D eigenvalue weighted by Gasteiger charge is -2.24. The second-order valence-electron chi connectivity index (χ2n) is 6.77. The Kier molecular flexibility index (Phi) is 2.85. The van der Waals surface area contributed by atoms with E-state index in [1.807, 2.05) is 18.2 Å². The van der Waals surface area contributed by atoms with E-state index in [2.05, 4.69) is 21.4 Å². The first-order valence-corrected chi connectivity index (χ1v) is 8.56. The minimum Gasteiger partial charge on any atom is -0.391 e. The third kappa shape index (κ3) is 1.75. The van der Waals surface area contributed by atoms with Crippen LogP contribution in [0.2, 0.25) is 0 Å². The Morgan fingerprint density at radius 1 is 1.21 bits per heavy atom. The van der Waals surface area contributed by atoms with Crippen molar-refractivity contribution in [3.05, 3.63) is 41.0 Å². The Balaban J connectivity index is 1.94. The zero-order valence-electron chi connectivity index (χ0n) is 13.4. The van der Waals surface area contributed by atoms with Crippen LogP contribution in [0.1, 0.15) is 29.5 Å². The van der Waals surface area contributed by atoms with Crippen molar-refractivity contribution in [3.63, 3.8) is 0 Å². The number of hydrogen-bond donors (Lipinski definition) is 1. The van der Waals surface area contributed by atoms with E-state index in [-0.39, 0.29) is 6.10 Å². The van der Waals surface area contributed by atoms with Gasteiger partial charge in [0.1, 0.15) is 11.9 Å². The van der Waals surface area contributed by atoms with Crippen molar-refractivity contribution < 1.29 is 5.11 Å². The van der Waals surface area contributed by atoms with Crippen molar-refractivity contribution in [1.29, 1.82) is 5.26 Å². The molecule has 1 aliphatic carbocycles. The number of nitriles is 1. The van der Waals surface area contributed by atoms with E-state index in [4.69, 9.17) is 4.98 Å². The predicted molar refractivity (Wildman–Crippen MR) is 92.3 cm³/mol. The monoisotopic (exact) mass is 318 g/mol. The summed E-state index contributed by atoms with van der Waals surface area (Å²) < 4.78 is 2.15. The van der Waals surface area contributed by atoms with Gasteiger partial charge in [0.15, 0.2) is 5.65 Å². The van der Waals surface area contributed by atoms with E-state index in [1.54, 1.807) is 0 Å². The Bertz CT molecular complexity index is 1010. The first-order chi connectivity index (χ1) is 11.8. The fourth-order valence-electron chi connectivity index (χ4n) is 4.33. The average molecular weight is 318 g/mol. The second kappa shape index (κ2) is 4.96. The van der Waals surface area contributed by atoms with Gasteiger partial charge in [-0.15, -0.1) is 0 Å². The molecule has 0 saturated carbocycles. The third-order valence-electron chi connectivity index (χ3n) is 5.36. The first kappa shape index (κ1) is 13.8. The number of para-hydroxylation sites is 2. The topological polar surface area (TPSA) is 64.6 Å². The lowest BCUT2D eigenvalue weighted by molar-refractivity contribution is 0.198. The molecule has 3 aromatic rings. The summed E-state index contributed by atoms with van der Waals surface area (Å²) in [6.07, 6.45) is 3.54. The smallest absolute Gasteiger partial charge is 0.157 e. The zero-order valence-corrected chi connectivity index (χ0v) is 13.4. The molecule has 1 atom stereocenters. The lowest BCUT2D eigenvalue weighted by atomic mass is 10.1. The molecule has 120 valence electrons. The highest BCUT2D eigenvalue weighted by molar-refractivity contribution is 5.86. The number of pyridine rings is 1. The van der Waals surface area contributed by atoms with Gasteiger partial charge in [0.05, 0.1) is 22.7 Å². The van der Waals surface area contributed by atoms with Crippen LogP contribution in [-0.2, 0) is 12.8 Å². The summed E-state index contributed by atoms with van der Waals surface area (Å²) >= 11 is 0. The first-order valence-electron chi connectivity index (χ1n) is 8.56. The molecule has 0 spiro atoms. The summed E-state index contributed by atoms with van der Waals surface area (Å²) in [6.45, 7) is 1.50. The number of imidazole rings is 1. The predicted octanol–water partition coefficient (Wildman–Crippen LogP) is 2.42. The zero-order chi connectivity index (χ0) is 16.3. The number of aromatic nitrogens is 2. The average Bonchev–Trinajstić information content (AvgIpc) is 3.30. The standard InChI is InChI=1S/C19H18N4O/c20-10-15-13-4-3-5-14(13)19(22-9-8-12(24)11-22)23-17-7-2-1-6-16(17)21-18(15)23/h1-2,6-7,12,24H,3-5,8-9,11H2. The number of benzene rings is 1. The van der Waals surface area contributed by atoms with Crippen LogP contribution in [0.15, 0.2) is 24.3 Å². The minimum absolute atomic E-state index is 0.275. The van der Waals surface area contributed by atoms with Crippen molar-refractivity contribution in [1.82, 2.24) is 9.38 Å². The molecule has 3 heterocycles.